The number of aryl methyl sites for hydroxylation is 1. The van der Waals surface area contributed by atoms with Gasteiger partial charge in [-0.1, -0.05) is 12.1 Å². The lowest BCUT2D eigenvalue weighted by molar-refractivity contribution is 0.415. The molecule has 3 aromatic rings. The van der Waals surface area contributed by atoms with E-state index in [1.165, 1.54) is 0 Å². The van der Waals surface area contributed by atoms with E-state index in [2.05, 4.69) is 39.4 Å². The highest BCUT2D eigenvalue weighted by molar-refractivity contribution is 5.77. The molecule has 28 heavy (non-hydrogen) atoms. The summed E-state index contributed by atoms with van der Waals surface area (Å²) in [5.74, 6) is 3.70. The molecule has 1 fully saturated rings. The second-order valence-electron chi connectivity index (χ2n) is 7.29. The van der Waals surface area contributed by atoms with Gasteiger partial charge in [-0.2, -0.15) is 0 Å². The first-order valence-electron chi connectivity index (χ1n) is 9.58. The van der Waals surface area contributed by atoms with Gasteiger partial charge in [0.15, 0.2) is 0 Å². The predicted molar refractivity (Wildman–Crippen MR) is 111 cm³/mol. The Kier molecular flexibility index (Phi) is 4.90. The van der Waals surface area contributed by atoms with Gasteiger partial charge in [-0.25, -0.2) is 4.98 Å². The second kappa shape index (κ2) is 7.50. The highest BCUT2D eigenvalue weighted by atomic mass is 16.5. The smallest absolute Gasteiger partial charge is 0.221 e. The molecule has 2 aromatic heterocycles. The molecule has 0 atom stereocenters. The van der Waals surface area contributed by atoms with Crippen LogP contribution in [0.1, 0.15) is 30.3 Å². The van der Waals surface area contributed by atoms with Crippen molar-refractivity contribution in [3.63, 3.8) is 0 Å². The zero-order valence-electron chi connectivity index (χ0n) is 16.6. The summed E-state index contributed by atoms with van der Waals surface area (Å²) in [7, 11) is 3.62. The van der Waals surface area contributed by atoms with Crippen LogP contribution in [0.25, 0.3) is 11.1 Å². The largest absolute Gasteiger partial charge is 0.497 e. The maximum Gasteiger partial charge on any atom is 0.221 e. The zero-order chi connectivity index (χ0) is 19.7. The van der Waals surface area contributed by atoms with E-state index < -0.39 is 0 Å². The van der Waals surface area contributed by atoms with E-state index in [4.69, 9.17) is 15.5 Å². The molecular weight excluding hydrogens is 352 g/mol. The number of pyridine rings is 1. The molecule has 1 aliphatic rings. The van der Waals surface area contributed by atoms with Gasteiger partial charge in [0, 0.05) is 37.3 Å². The summed E-state index contributed by atoms with van der Waals surface area (Å²) in [5.41, 5.74) is 9.11. The van der Waals surface area contributed by atoms with Crippen molar-refractivity contribution in [2.75, 3.05) is 30.8 Å². The molecule has 0 unspecified atom stereocenters. The lowest BCUT2D eigenvalue weighted by atomic mass is 9.95. The number of nitrogens with zero attached hydrogens (tertiary/aromatic N) is 5. The molecule has 1 aliphatic heterocycles. The third-order valence-electron chi connectivity index (χ3n) is 5.50. The van der Waals surface area contributed by atoms with Crippen molar-refractivity contribution in [3.05, 3.63) is 47.9 Å². The van der Waals surface area contributed by atoms with Gasteiger partial charge in [0.1, 0.15) is 17.4 Å². The Labute approximate surface area is 165 Å². The fourth-order valence-corrected chi connectivity index (χ4v) is 3.86. The van der Waals surface area contributed by atoms with Gasteiger partial charge in [0.05, 0.1) is 7.11 Å². The van der Waals surface area contributed by atoms with Gasteiger partial charge in [-0.3, -0.25) is 0 Å². The van der Waals surface area contributed by atoms with Crippen molar-refractivity contribution in [1.29, 1.82) is 0 Å². The Hall–Kier alpha value is -3.09. The number of nitrogens with two attached hydrogens (primary N) is 1. The van der Waals surface area contributed by atoms with Gasteiger partial charge in [0.25, 0.3) is 0 Å². The molecule has 1 aromatic carbocycles. The van der Waals surface area contributed by atoms with E-state index in [1.54, 1.807) is 7.11 Å². The van der Waals surface area contributed by atoms with Crippen molar-refractivity contribution < 1.29 is 4.74 Å². The van der Waals surface area contributed by atoms with Crippen LogP contribution in [0.15, 0.2) is 36.4 Å². The van der Waals surface area contributed by atoms with E-state index in [0.29, 0.717) is 11.9 Å². The zero-order valence-corrected chi connectivity index (χ0v) is 16.6. The van der Waals surface area contributed by atoms with Crippen molar-refractivity contribution in [3.8, 4) is 16.9 Å². The summed E-state index contributed by atoms with van der Waals surface area (Å²) in [5, 5.41) is 8.28. The highest BCUT2D eigenvalue weighted by Crippen LogP contribution is 2.35. The van der Waals surface area contributed by atoms with E-state index in [9.17, 15) is 0 Å². The van der Waals surface area contributed by atoms with Crippen LogP contribution in [-0.2, 0) is 7.05 Å². The molecule has 0 aliphatic carbocycles. The molecule has 3 heterocycles. The number of benzene rings is 1. The second-order valence-corrected chi connectivity index (χ2v) is 7.29. The monoisotopic (exact) mass is 378 g/mol. The number of piperidine rings is 1. The Bertz CT molecular complexity index is 975. The summed E-state index contributed by atoms with van der Waals surface area (Å²) in [6, 6.07) is 12.4. The van der Waals surface area contributed by atoms with Crippen molar-refractivity contribution in [2.45, 2.75) is 25.7 Å². The topological polar surface area (TPSA) is 82.1 Å². The van der Waals surface area contributed by atoms with E-state index in [-0.39, 0.29) is 0 Å². The first-order valence-corrected chi connectivity index (χ1v) is 9.58. The Morgan fingerprint density at radius 2 is 1.89 bits per heavy atom. The van der Waals surface area contributed by atoms with Crippen LogP contribution >= 0.6 is 0 Å². The van der Waals surface area contributed by atoms with Crippen molar-refractivity contribution >= 4 is 11.8 Å². The van der Waals surface area contributed by atoms with Crippen LogP contribution in [0.4, 0.5) is 11.8 Å². The molecule has 0 saturated carbocycles. The van der Waals surface area contributed by atoms with Crippen LogP contribution in [0, 0.1) is 6.92 Å². The Morgan fingerprint density at radius 3 is 2.57 bits per heavy atom. The number of rotatable bonds is 4. The number of hydrogen-bond donors (Lipinski definition) is 1. The predicted octanol–water partition coefficient (Wildman–Crippen LogP) is 3.16. The fourth-order valence-electron chi connectivity index (χ4n) is 3.86. The molecule has 0 amide bonds. The van der Waals surface area contributed by atoms with Gasteiger partial charge in [0.2, 0.25) is 5.95 Å². The van der Waals surface area contributed by atoms with Crippen molar-refractivity contribution in [1.82, 2.24) is 19.7 Å². The highest BCUT2D eigenvalue weighted by Gasteiger charge is 2.26. The standard InChI is InChI=1S/C21H26N6O/c1-14-7-8-18(16-5-4-6-17(13-16)28-3)20(23-14)27-11-9-15(10-12-27)19-24-25-21(22)26(19)2/h4-8,13,15H,9-12H2,1-3H3,(H2,22,25). The van der Waals surface area contributed by atoms with Crippen LogP contribution in [0.3, 0.4) is 0 Å². The lowest BCUT2D eigenvalue weighted by Crippen LogP contribution is -2.34. The third kappa shape index (κ3) is 3.40. The minimum Gasteiger partial charge on any atom is -0.497 e. The normalized spacial score (nSPS) is 15.0. The number of hydrogen-bond acceptors (Lipinski definition) is 6. The van der Waals surface area contributed by atoms with Gasteiger partial charge >= 0.3 is 0 Å². The molecule has 146 valence electrons. The summed E-state index contributed by atoms with van der Waals surface area (Å²) in [6.07, 6.45) is 2.00. The van der Waals surface area contributed by atoms with Crippen LogP contribution in [-0.4, -0.2) is 39.9 Å². The van der Waals surface area contributed by atoms with Gasteiger partial charge < -0.3 is 19.9 Å². The SMILES string of the molecule is COc1cccc(-c2ccc(C)nc2N2CCC(c3nnc(N)n3C)CC2)c1. The molecule has 0 radical (unpaired) electrons. The molecular formula is C21H26N6O. The minimum absolute atomic E-state index is 0.371. The summed E-state index contributed by atoms with van der Waals surface area (Å²) in [6.45, 7) is 3.88. The maximum atomic E-state index is 5.85. The molecule has 2 N–H and O–H groups in total. The number of aromatic nitrogens is 4. The van der Waals surface area contributed by atoms with E-state index >= 15 is 0 Å². The summed E-state index contributed by atoms with van der Waals surface area (Å²) < 4.78 is 7.30. The summed E-state index contributed by atoms with van der Waals surface area (Å²) in [4.78, 5) is 7.25. The Balaban J connectivity index is 1.60. The van der Waals surface area contributed by atoms with Crippen LogP contribution < -0.4 is 15.4 Å². The van der Waals surface area contributed by atoms with E-state index in [1.807, 2.05) is 30.7 Å². The molecule has 4 rings (SSSR count). The van der Waals surface area contributed by atoms with Crippen LogP contribution in [0.5, 0.6) is 5.75 Å². The number of methoxy groups -OCH3 is 1. The average molecular weight is 378 g/mol. The number of anilines is 2. The molecule has 7 heteroatoms. The molecule has 0 spiro atoms. The minimum atomic E-state index is 0.371. The van der Waals surface area contributed by atoms with Gasteiger partial charge in [-0.05, 0) is 49.6 Å². The third-order valence-corrected chi connectivity index (χ3v) is 5.50. The lowest BCUT2D eigenvalue weighted by Gasteiger charge is -2.33. The van der Waals surface area contributed by atoms with Crippen molar-refractivity contribution in [2.24, 2.45) is 7.05 Å². The quantitative estimate of drug-likeness (QED) is 0.751. The fraction of sp³-hybridized carbons (Fsp3) is 0.381. The number of ether oxygens (including phenoxy) is 1. The van der Waals surface area contributed by atoms with Gasteiger partial charge in [-0.15, -0.1) is 10.2 Å². The van der Waals surface area contributed by atoms with Crippen LogP contribution in [0.2, 0.25) is 0 Å². The average Bonchev–Trinajstić information content (AvgIpc) is 3.06. The molecule has 1 saturated heterocycles. The summed E-state index contributed by atoms with van der Waals surface area (Å²) >= 11 is 0. The maximum absolute atomic E-state index is 5.85. The van der Waals surface area contributed by atoms with E-state index in [0.717, 1.165) is 60.1 Å². The first-order chi connectivity index (χ1) is 13.6. The first kappa shape index (κ1) is 18.3. The molecule has 7 nitrogen and oxygen atoms in total. The number of nitrogen functional groups attached to an aromatic ring is 1. The Morgan fingerprint density at radius 1 is 1.11 bits per heavy atom. The molecule has 0 bridgehead atoms.